The number of carbonyl (C=O) groups is 2. The van der Waals surface area contributed by atoms with E-state index in [2.05, 4.69) is 23.0 Å². The Balaban J connectivity index is 1.95. The van der Waals surface area contributed by atoms with Crippen LogP contribution in [0.2, 0.25) is 0 Å². The number of esters is 1. The average molecular weight is 330 g/mol. The van der Waals surface area contributed by atoms with Crippen LogP contribution >= 0.6 is 0 Å². The van der Waals surface area contributed by atoms with E-state index < -0.39 is 18.1 Å². The molecule has 1 aliphatic rings. The van der Waals surface area contributed by atoms with Crippen LogP contribution in [-0.2, 0) is 9.53 Å². The quantitative estimate of drug-likeness (QED) is 0.782. The third-order valence-electron chi connectivity index (χ3n) is 4.64. The summed E-state index contributed by atoms with van der Waals surface area (Å²) in [4.78, 5) is 33.5. The first-order valence-corrected chi connectivity index (χ1v) is 8.01. The zero-order valence-electron chi connectivity index (χ0n) is 14.3. The van der Waals surface area contributed by atoms with Crippen molar-refractivity contribution in [2.24, 2.45) is 5.92 Å². The van der Waals surface area contributed by atoms with Crippen LogP contribution in [0.5, 0.6) is 0 Å². The Labute approximate surface area is 141 Å². The monoisotopic (exact) mass is 330 g/mol. The number of hydrogen-bond acceptors (Lipinski definition) is 6. The minimum Gasteiger partial charge on any atom is -0.451 e. The summed E-state index contributed by atoms with van der Waals surface area (Å²) >= 11 is 0. The molecule has 1 amide bonds. The number of aryl methyl sites for hydroxylation is 1. The number of amides is 1. The molecule has 0 aliphatic heterocycles. The highest BCUT2D eigenvalue weighted by molar-refractivity contribution is 5.89. The molecule has 0 aromatic carbocycles. The van der Waals surface area contributed by atoms with Gasteiger partial charge >= 0.3 is 5.97 Å². The largest absolute Gasteiger partial charge is 0.451 e. The van der Waals surface area contributed by atoms with Crippen molar-refractivity contribution in [1.29, 1.82) is 5.26 Å². The lowest BCUT2D eigenvalue weighted by atomic mass is 9.77. The molecule has 1 fully saturated rings. The molecule has 128 valence electrons. The van der Waals surface area contributed by atoms with Crippen LogP contribution in [0.15, 0.2) is 12.4 Å². The lowest BCUT2D eigenvalue weighted by Crippen LogP contribution is -2.51. The van der Waals surface area contributed by atoms with Gasteiger partial charge in [-0.15, -0.1) is 0 Å². The van der Waals surface area contributed by atoms with E-state index in [9.17, 15) is 14.9 Å². The van der Waals surface area contributed by atoms with Crippen LogP contribution in [0.4, 0.5) is 0 Å². The van der Waals surface area contributed by atoms with E-state index in [4.69, 9.17) is 4.74 Å². The molecule has 0 saturated heterocycles. The van der Waals surface area contributed by atoms with E-state index in [0.717, 1.165) is 12.8 Å². The fourth-order valence-electron chi connectivity index (χ4n) is 2.80. The molecule has 1 aromatic rings. The van der Waals surface area contributed by atoms with E-state index in [1.807, 2.05) is 0 Å². The van der Waals surface area contributed by atoms with Crippen molar-refractivity contribution in [1.82, 2.24) is 14.9 Å². The Bertz CT molecular complexity index is 643. The fraction of sp³-hybridized carbons (Fsp3) is 0.588. The molecule has 0 spiro atoms. The van der Waals surface area contributed by atoms with Gasteiger partial charge in [-0.3, -0.25) is 9.78 Å². The normalized spacial score (nSPS) is 23.2. The molecule has 7 heteroatoms. The van der Waals surface area contributed by atoms with E-state index >= 15 is 0 Å². The van der Waals surface area contributed by atoms with Crippen LogP contribution in [0.1, 0.15) is 48.8 Å². The number of likely N-dealkylation sites (N-methyl/N-ethyl adjacent to an activating group) is 1. The summed E-state index contributed by atoms with van der Waals surface area (Å²) in [6, 6.07) is 2.29. The first-order valence-electron chi connectivity index (χ1n) is 8.01. The number of nitriles is 1. The van der Waals surface area contributed by atoms with Crippen molar-refractivity contribution in [3.05, 3.63) is 23.8 Å². The smallest absolute Gasteiger partial charge is 0.359 e. The van der Waals surface area contributed by atoms with E-state index in [0.29, 0.717) is 24.5 Å². The third kappa shape index (κ3) is 3.88. The summed E-state index contributed by atoms with van der Waals surface area (Å²) in [5.74, 6) is -0.528. The summed E-state index contributed by atoms with van der Waals surface area (Å²) in [7, 11) is 1.60. The number of hydrogen-bond donors (Lipinski definition) is 0. The molecule has 0 N–H and O–H groups in total. The Kier molecular flexibility index (Phi) is 5.50. The van der Waals surface area contributed by atoms with Crippen molar-refractivity contribution in [2.75, 3.05) is 13.7 Å². The minimum absolute atomic E-state index is 0.0533. The van der Waals surface area contributed by atoms with Gasteiger partial charge in [0.1, 0.15) is 5.54 Å². The van der Waals surface area contributed by atoms with E-state index in [1.54, 1.807) is 14.0 Å². The van der Waals surface area contributed by atoms with Gasteiger partial charge in [0.25, 0.3) is 5.91 Å². The summed E-state index contributed by atoms with van der Waals surface area (Å²) < 4.78 is 5.01. The SMILES string of the molecule is Cc1cnc(C(=O)OCC(=O)N(C)C2(C#N)CCC(C)CC2)cn1. The lowest BCUT2D eigenvalue weighted by Gasteiger charge is -2.40. The number of ether oxygens (including phenoxy) is 1. The standard InChI is InChI=1S/C17H22N4O3/c1-12-4-6-17(11-18,7-5-12)21(3)15(22)10-24-16(23)14-9-19-13(2)8-20-14/h8-9,12H,4-7,10H2,1-3H3. The highest BCUT2D eigenvalue weighted by Crippen LogP contribution is 2.35. The Hall–Kier alpha value is -2.49. The second-order valence-electron chi connectivity index (χ2n) is 6.40. The molecule has 0 atom stereocenters. The minimum atomic E-state index is -0.806. The number of rotatable bonds is 4. The molecule has 2 rings (SSSR count). The maximum absolute atomic E-state index is 12.3. The van der Waals surface area contributed by atoms with Gasteiger partial charge in [0.05, 0.1) is 18.0 Å². The van der Waals surface area contributed by atoms with Crippen LogP contribution in [-0.4, -0.2) is 45.9 Å². The van der Waals surface area contributed by atoms with Crippen LogP contribution in [0.25, 0.3) is 0 Å². The van der Waals surface area contributed by atoms with Gasteiger partial charge < -0.3 is 9.64 Å². The summed E-state index contributed by atoms with van der Waals surface area (Å²) in [6.45, 7) is 3.49. The summed E-state index contributed by atoms with van der Waals surface area (Å²) in [5, 5.41) is 9.56. The van der Waals surface area contributed by atoms with Crippen LogP contribution < -0.4 is 0 Å². The van der Waals surface area contributed by atoms with Crippen LogP contribution in [0.3, 0.4) is 0 Å². The van der Waals surface area contributed by atoms with E-state index in [1.165, 1.54) is 17.3 Å². The molecule has 0 unspecified atom stereocenters. The maximum Gasteiger partial charge on any atom is 0.359 e. The number of nitrogens with zero attached hydrogens (tertiary/aromatic N) is 4. The fourth-order valence-corrected chi connectivity index (χ4v) is 2.80. The Morgan fingerprint density at radius 2 is 2.04 bits per heavy atom. The van der Waals surface area contributed by atoms with Crippen molar-refractivity contribution in [2.45, 2.75) is 45.1 Å². The second kappa shape index (κ2) is 7.39. The molecular weight excluding hydrogens is 308 g/mol. The average Bonchev–Trinajstić information content (AvgIpc) is 2.60. The molecular formula is C17H22N4O3. The van der Waals surface area contributed by atoms with Crippen molar-refractivity contribution in [3.63, 3.8) is 0 Å². The van der Waals surface area contributed by atoms with Gasteiger partial charge in [-0.25, -0.2) is 9.78 Å². The lowest BCUT2D eigenvalue weighted by molar-refractivity contribution is -0.138. The molecule has 1 aromatic heterocycles. The number of carbonyl (C=O) groups excluding carboxylic acids is 2. The van der Waals surface area contributed by atoms with Crippen molar-refractivity contribution in [3.8, 4) is 6.07 Å². The predicted molar refractivity (Wildman–Crippen MR) is 85.8 cm³/mol. The Morgan fingerprint density at radius 3 is 2.58 bits per heavy atom. The Morgan fingerprint density at radius 1 is 1.38 bits per heavy atom. The molecule has 0 bridgehead atoms. The third-order valence-corrected chi connectivity index (χ3v) is 4.64. The van der Waals surface area contributed by atoms with Crippen molar-refractivity contribution < 1.29 is 14.3 Å². The second-order valence-corrected chi connectivity index (χ2v) is 6.40. The molecule has 1 saturated carbocycles. The van der Waals surface area contributed by atoms with Gasteiger partial charge in [0, 0.05) is 13.2 Å². The highest BCUT2D eigenvalue weighted by Gasteiger charge is 2.40. The zero-order valence-corrected chi connectivity index (χ0v) is 14.3. The van der Waals surface area contributed by atoms with E-state index in [-0.39, 0.29) is 11.6 Å². The summed E-state index contributed by atoms with van der Waals surface area (Å²) in [5.41, 5.74) is -0.0676. The molecule has 1 aliphatic carbocycles. The van der Waals surface area contributed by atoms with Gasteiger partial charge in [0.2, 0.25) is 0 Å². The first-order chi connectivity index (χ1) is 11.4. The molecule has 1 heterocycles. The molecule has 24 heavy (non-hydrogen) atoms. The maximum atomic E-state index is 12.3. The van der Waals surface area contributed by atoms with Gasteiger partial charge in [-0.2, -0.15) is 5.26 Å². The predicted octanol–water partition coefficient (Wildman–Crippen LogP) is 1.87. The van der Waals surface area contributed by atoms with Gasteiger partial charge in [0.15, 0.2) is 12.3 Å². The van der Waals surface area contributed by atoms with Gasteiger partial charge in [-0.05, 0) is 38.5 Å². The number of aromatic nitrogens is 2. The zero-order chi connectivity index (χ0) is 17.7. The first kappa shape index (κ1) is 17.9. The highest BCUT2D eigenvalue weighted by atomic mass is 16.5. The van der Waals surface area contributed by atoms with Gasteiger partial charge in [-0.1, -0.05) is 6.92 Å². The summed E-state index contributed by atoms with van der Waals surface area (Å²) in [6.07, 6.45) is 5.87. The molecule has 7 nitrogen and oxygen atoms in total. The van der Waals surface area contributed by atoms with Crippen LogP contribution in [0, 0.1) is 24.2 Å². The molecule has 0 radical (unpaired) electrons. The van der Waals surface area contributed by atoms with Crippen molar-refractivity contribution >= 4 is 11.9 Å². The topological polar surface area (TPSA) is 96.2 Å².